The molecule has 1 heterocycles. The highest BCUT2D eigenvalue weighted by molar-refractivity contribution is 6.30. The summed E-state index contributed by atoms with van der Waals surface area (Å²) in [5.41, 5.74) is 1.37. The highest BCUT2D eigenvalue weighted by Gasteiger charge is 2.20. The molecular weight excluding hydrogens is 370 g/mol. The van der Waals surface area contributed by atoms with Crippen LogP contribution in [0.25, 0.3) is 0 Å². The smallest absolute Gasteiger partial charge is 0.191 e. The first-order valence-electron chi connectivity index (χ1n) is 10.4. The zero-order valence-corrected chi connectivity index (χ0v) is 19.0. The zero-order chi connectivity index (χ0) is 20.6. The molecule has 1 saturated heterocycles. The molecule has 0 aliphatic carbocycles. The Morgan fingerprint density at radius 1 is 1.21 bits per heavy atom. The molecule has 0 saturated carbocycles. The second-order valence-corrected chi connectivity index (χ2v) is 9.42. The van der Waals surface area contributed by atoms with E-state index in [1.165, 1.54) is 31.7 Å². The minimum atomic E-state index is 0.105. The normalized spacial score (nSPS) is 18.1. The first-order valence-corrected chi connectivity index (χ1v) is 10.7. The van der Waals surface area contributed by atoms with Gasteiger partial charge in [0.25, 0.3) is 0 Å². The van der Waals surface area contributed by atoms with E-state index < -0.39 is 0 Å². The summed E-state index contributed by atoms with van der Waals surface area (Å²) in [4.78, 5) is 9.36. The summed E-state index contributed by atoms with van der Waals surface area (Å²) < 4.78 is 0. The quantitative estimate of drug-likeness (QED) is 0.513. The van der Waals surface area contributed by atoms with Crippen molar-refractivity contribution in [2.75, 3.05) is 59.9 Å². The first kappa shape index (κ1) is 23.0. The van der Waals surface area contributed by atoms with Crippen molar-refractivity contribution in [3.8, 4) is 0 Å². The lowest BCUT2D eigenvalue weighted by Gasteiger charge is -2.34. The number of nitrogens with one attached hydrogen (secondary N) is 2. The third-order valence-corrected chi connectivity index (χ3v) is 5.55. The van der Waals surface area contributed by atoms with E-state index in [9.17, 15) is 0 Å². The highest BCUT2D eigenvalue weighted by Crippen LogP contribution is 2.22. The van der Waals surface area contributed by atoms with Crippen LogP contribution in [0.5, 0.6) is 0 Å². The van der Waals surface area contributed by atoms with Crippen molar-refractivity contribution in [1.82, 2.24) is 20.4 Å². The van der Waals surface area contributed by atoms with Crippen molar-refractivity contribution in [1.29, 1.82) is 0 Å². The van der Waals surface area contributed by atoms with Crippen LogP contribution in [0.15, 0.2) is 29.3 Å². The Labute approximate surface area is 176 Å². The molecule has 1 aromatic rings. The second-order valence-electron chi connectivity index (χ2n) is 8.99. The molecule has 1 aromatic carbocycles. The van der Waals surface area contributed by atoms with Gasteiger partial charge in [-0.1, -0.05) is 44.5 Å². The summed E-state index contributed by atoms with van der Waals surface area (Å²) >= 11 is 6.12. The number of hydrogen-bond acceptors (Lipinski definition) is 3. The van der Waals surface area contributed by atoms with E-state index >= 15 is 0 Å². The number of benzene rings is 1. The SMILES string of the molecule is CN=C(NCC(C)CN1CCN(C)CC1)NCC(C)(C)Cc1cccc(Cl)c1. The van der Waals surface area contributed by atoms with Crippen LogP contribution in [0.1, 0.15) is 26.3 Å². The molecule has 2 rings (SSSR count). The molecule has 2 N–H and O–H groups in total. The van der Waals surface area contributed by atoms with Crippen LogP contribution in [0, 0.1) is 11.3 Å². The Bertz CT molecular complexity index is 623. The molecule has 1 aliphatic rings. The molecule has 1 atom stereocenters. The van der Waals surface area contributed by atoms with Crippen molar-refractivity contribution in [3.05, 3.63) is 34.9 Å². The molecule has 28 heavy (non-hydrogen) atoms. The lowest BCUT2D eigenvalue weighted by Crippen LogP contribution is -2.48. The summed E-state index contributed by atoms with van der Waals surface area (Å²) in [5.74, 6) is 1.46. The molecule has 0 spiro atoms. The number of hydrogen-bond donors (Lipinski definition) is 2. The topological polar surface area (TPSA) is 42.9 Å². The van der Waals surface area contributed by atoms with Crippen LogP contribution < -0.4 is 10.6 Å². The minimum Gasteiger partial charge on any atom is -0.356 e. The highest BCUT2D eigenvalue weighted by atomic mass is 35.5. The van der Waals surface area contributed by atoms with Gasteiger partial charge in [-0.3, -0.25) is 4.99 Å². The number of piperazine rings is 1. The Hall–Kier alpha value is -1.30. The largest absolute Gasteiger partial charge is 0.356 e. The maximum Gasteiger partial charge on any atom is 0.191 e. The van der Waals surface area contributed by atoms with Gasteiger partial charge >= 0.3 is 0 Å². The van der Waals surface area contributed by atoms with Crippen molar-refractivity contribution in [2.45, 2.75) is 27.2 Å². The number of halogens is 1. The number of aliphatic imine (C=N–C) groups is 1. The Morgan fingerprint density at radius 2 is 1.93 bits per heavy atom. The summed E-state index contributed by atoms with van der Waals surface area (Å²) in [6.07, 6.45) is 0.970. The fraction of sp³-hybridized carbons (Fsp3) is 0.682. The minimum absolute atomic E-state index is 0.105. The van der Waals surface area contributed by atoms with Gasteiger partial charge in [0, 0.05) is 57.9 Å². The van der Waals surface area contributed by atoms with E-state index in [1.54, 1.807) is 0 Å². The molecule has 6 heteroatoms. The molecule has 1 fully saturated rings. The standard InChI is InChI=1S/C22H38ClN5/c1-18(16-28-11-9-27(5)10-12-28)15-25-21(24-4)26-17-22(2,3)14-19-7-6-8-20(23)13-19/h6-8,13,18H,9-12,14-17H2,1-5H3,(H2,24,25,26). The average Bonchev–Trinajstić information content (AvgIpc) is 2.63. The van der Waals surface area contributed by atoms with Gasteiger partial charge in [0.2, 0.25) is 0 Å². The Morgan fingerprint density at radius 3 is 2.57 bits per heavy atom. The second kappa shape index (κ2) is 11.0. The van der Waals surface area contributed by atoms with Gasteiger partial charge in [-0.25, -0.2) is 0 Å². The van der Waals surface area contributed by atoms with Crippen LogP contribution >= 0.6 is 11.6 Å². The van der Waals surface area contributed by atoms with Gasteiger partial charge < -0.3 is 20.4 Å². The van der Waals surface area contributed by atoms with E-state index in [2.05, 4.69) is 65.4 Å². The fourth-order valence-corrected chi connectivity index (χ4v) is 3.83. The third-order valence-electron chi connectivity index (χ3n) is 5.31. The molecule has 5 nitrogen and oxygen atoms in total. The van der Waals surface area contributed by atoms with E-state index in [4.69, 9.17) is 11.6 Å². The van der Waals surface area contributed by atoms with E-state index in [1.807, 2.05) is 19.2 Å². The van der Waals surface area contributed by atoms with Crippen LogP contribution in [-0.4, -0.2) is 75.7 Å². The number of guanidine groups is 1. The van der Waals surface area contributed by atoms with Crippen molar-refractivity contribution >= 4 is 17.6 Å². The number of nitrogens with zero attached hydrogens (tertiary/aromatic N) is 3. The average molecular weight is 408 g/mol. The number of likely N-dealkylation sites (N-methyl/N-ethyl adjacent to an activating group) is 1. The molecule has 0 aromatic heterocycles. The fourth-order valence-electron chi connectivity index (χ4n) is 3.61. The van der Waals surface area contributed by atoms with Crippen LogP contribution in [0.4, 0.5) is 0 Å². The zero-order valence-electron chi connectivity index (χ0n) is 18.3. The molecule has 1 aliphatic heterocycles. The van der Waals surface area contributed by atoms with Gasteiger partial charge in [-0.15, -0.1) is 0 Å². The molecule has 0 amide bonds. The Kier molecular flexibility index (Phi) is 9.06. The third kappa shape index (κ3) is 8.38. The monoisotopic (exact) mass is 407 g/mol. The summed E-state index contributed by atoms with van der Waals surface area (Å²) in [6.45, 7) is 14.5. The van der Waals surface area contributed by atoms with Gasteiger partial charge in [0.05, 0.1) is 0 Å². The van der Waals surface area contributed by atoms with E-state index in [-0.39, 0.29) is 5.41 Å². The first-order chi connectivity index (χ1) is 13.3. The molecule has 0 radical (unpaired) electrons. The molecular formula is C22H38ClN5. The van der Waals surface area contributed by atoms with Crippen LogP contribution in [0.2, 0.25) is 5.02 Å². The molecule has 0 bridgehead atoms. The lowest BCUT2D eigenvalue weighted by atomic mass is 9.86. The summed E-state index contributed by atoms with van der Waals surface area (Å²) in [5, 5.41) is 7.79. The maximum atomic E-state index is 6.12. The van der Waals surface area contributed by atoms with Gasteiger partial charge in [-0.2, -0.15) is 0 Å². The summed E-state index contributed by atoms with van der Waals surface area (Å²) in [7, 11) is 4.04. The molecule has 1 unspecified atom stereocenters. The van der Waals surface area contributed by atoms with Crippen molar-refractivity contribution in [2.24, 2.45) is 16.3 Å². The van der Waals surface area contributed by atoms with Gasteiger partial charge in [-0.05, 0) is 42.5 Å². The molecule has 158 valence electrons. The van der Waals surface area contributed by atoms with Crippen LogP contribution in [0.3, 0.4) is 0 Å². The summed E-state index contributed by atoms with van der Waals surface area (Å²) in [6, 6.07) is 8.13. The van der Waals surface area contributed by atoms with Gasteiger partial charge in [0.1, 0.15) is 0 Å². The predicted molar refractivity (Wildman–Crippen MR) is 121 cm³/mol. The van der Waals surface area contributed by atoms with Crippen LogP contribution in [-0.2, 0) is 6.42 Å². The van der Waals surface area contributed by atoms with Crippen molar-refractivity contribution in [3.63, 3.8) is 0 Å². The van der Waals surface area contributed by atoms with E-state index in [0.29, 0.717) is 5.92 Å². The maximum absolute atomic E-state index is 6.12. The van der Waals surface area contributed by atoms with Crippen molar-refractivity contribution < 1.29 is 0 Å². The predicted octanol–water partition coefficient (Wildman–Crippen LogP) is 2.96. The number of rotatable bonds is 8. The van der Waals surface area contributed by atoms with E-state index in [0.717, 1.165) is 37.0 Å². The Balaban J connectivity index is 1.72. The van der Waals surface area contributed by atoms with Gasteiger partial charge in [0.15, 0.2) is 5.96 Å². The lowest BCUT2D eigenvalue weighted by molar-refractivity contribution is 0.139.